The number of ether oxygens (including phenoxy) is 2. The molecule has 1 aromatic heterocycles. The molecule has 0 bridgehead atoms. The van der Waals surface area contributed by atoms with E-state index in [0.717, 1.165) is 5.56 Å². The van der Waals surface area contributed by atoms with E-state index in [1.807, 2.05) is 13.0 Å². The molecular formula is C13H13NO3. The third kappa shape index (κ3) is 2.87. The summed E-state index contributed by atoms with van der Waals surface area (Å²) in [4.78, 5) is 3.98. The Morgan fingerprint density at radius 1 is 1.12 bits per heavy atom. The number of pyridine rings is 1. The topological polar surface area (TPSA) is 51.6 Å². The molecule has 1 N–H and O–H groups in total. The van der Waals surface area contributed by atoms with Gasteiger partial charge in [0.15, 0.2) is 0 Å². The van der Waals surface area contributed by atoms with Crippen LogP contribution < -0.4 is 9.47 Å². The van der Waals surface area contributed by atoms with E-state index in [1.54, 1.807) is 37.6 Å². The second kappa shape index (κ2) is 4.74. The SMILES string of the molecule is COc1cc(Oc2cc(C)cc(O)c2)ccn1. The highest BCUT2D eigenvalue weighted by Gasteiger charge is 2.02. The Kier molecular flexibility index (Phi) is 3.14. The Morgan fingerprint density at radius 2 is 1.94 bits per heavy atom. The van der Waals surface area contributed by atoms with Gasteiger partial charge in [0.25, 0.3) is 0 Å². The largest absolute Gasteiger partial charge is 0.508 e. The molecule has 0 radical (unpaired) electrons. The van der Waals surface area contributed by atoms with E-state index in [0.29, 0.717) is 17.4 Å². The monoisotopic (exact) mass is 231 g/mol. The fourth-order valence-electron chi connectivity index (χ4n) is 1.49. The number of rotatable bonds is 3. The van der Waals surface area contributed by atoms with E-state index >= 15 is 0 Å². The summed E-state index contributed by atoms with van der Waals surface area (Å²) in [5.41, 5.74) is 0.932. The molecule has 0 amide bonds. The first-order valence-electron chi connectivity index (χ1n) is 5.16. The van der Waals surface area contributed by atoms with Crippen molar-refractivity contribution in [2.24, 2.45) is 0 Å². The first-order chi connectivity index (χ1) is 8.17. The average molecular weight is 231 g/mol. The second-order valence-electron chi connectivity index (χ2n) is 3.64. The molecule has 1 aromatic carbocycles. The molecule has 4 nitrogen and oxygen atoms in total. The predicted molar refractivity (Wildman–Crippen MR) is 63.7 cm³/mol. The van der Waals surface area contributed by atoms with Crippen LogP contribution in [0.15, 0.2) is 36.5 Å². The number of aromatic hydroxyl groups is 1. The molecule has 2 rings (SSSR count). The molecule has 0 unspecified atom stereocenters. The standard InChI is InChI=1S/C13H13NO3/c1-9-5-10(15)7-12(6-9)17-11-3-4-14-13(8-11)16-2/h3-8,15H,1-2H3. The average Bonchev–Trinajstić information content (AvgIpc) is 2.28. The van der Waals surface area contributed by atoms with Gasteiger partial charge in [-0.25, -0.2) is 4.98 Å². The van der Waals surface area contributed by atoms with Crippen molar-refractivity contribution in [3.8, 4) is 23.1 Å². The summed E-state index contributed by atoms with van der Waals surface area (Å²) in [5.74, 6) is 1.86. The molecule has 0 spiro atoms. The lowest BCUT2D eigenvalue weighted by atomic mass is 10.2. The van der Waals surface area contributed by atoms with E-state index in [2.05, 4.69) is 4.98 Å². The first-order valence-corrected chi connectivity index (χ1v) is 5.16. The number of benzene rings is 1. The summed E-state index contributed by atoms with van der Waals surface area (Å²) in [6, 6.07) is 8.47. The van der Waals surface area contributed by atoms with E-state index in [9.17, 15) is 5.11 Å². The third-order valence-electron chi connectivity index (χ3n) is 2.19. The molecule has 0 saturated carbocycles. The quantitative estimate of drug-likeness (QED) is 0.882. The molecule has 17 heavy (non-hydrogen) atoms. The van der Waals surface area contributed by atoms with Crippen LogP contribution in [0.4, 0.5) is 0 Å². The van der Waals surface area contributed by atoms with Gasteiger partial charge in [0, 0.05) is 18.3 Å². The highest BCUT2D eigenvalue weighted by atomic mass is 16.5. The van der Waals surface area contributed by atoms with E-state index in [-0.39, 0.29) is 5.75 Å². The summed E-state index contributed by atoms with van der Waals surface area (Å²) in [7, 11) is 1.55. The summed E-state index contributed by atoms with van der Waals surface area (Å²) < 4.78 is 10.6. The Hall–Kier alpha value is -2.23. The lowest BCUT2D eigenvalue weighted by Crippen LogP contribution is -1.89. The van der Waals surface area contributed by atoms with Gasteiger partial charge in [-0.2, -0.15) is 0 Å². The highest BCUT2D eigenvalue weighted by Crippen LogP contribution is 2.27. The van der Waals surface area contributed by atoms with Crippen molar-refractivity contribution in [3.05, 3.63) is 42.1 Å². The maximum Gasteiger partial charge on any atom is 0.216 e. The maximum atomic E-state index is 9.46. The van der Waals surface area contributed by atoms with Crippen molar-refractivity contribution < 1.29 is 14.6 Å². The molecule has 2 aromatic rings. The number of hydrogen-bond donors (Lipinski definition) is 1. The van der Waals surface area contributed by atoms with E-state index in [4.69, 9.17) is 9.47 Å². The van der Waals surface area contributed by atoms with Gasteiger partial charge in [-0.05, 0) is 30.7 Å². The lowest BCUT2D eigenvalue weighted by molar-refractivity contribution is 0.392. The number of aryl methyl sites for hydroxylation is 1. The summed E-state index contributed by atoms with van der Waals surface area (Å²) >= 11 is 0. The molecule has 0 aliphatic carbocycles. The number of hydrogen-bond acceptors (Lipinski definition) is 4. The first kappa shape index (κ1) is 11.3. The van der Waals surface area contributed by atoms with Gasteiger partial charge in [-0.3, -0.25) is 0 Å². The minimum atomic E-state index is 0.182. The number of methoxy groups -OCH3 is 1. The minimum absolute atomic E-state index is 0.182. The van der Waals surface area contributed by atoms with Crippen LogP contribution in [-0.4, -0.2) is 17.2 Å². The Bertz CT molecular complexity index is 506. The Labute approximate surface area is 99.5 Å². The van der Waals surface area contributed by atoms with Crippen LogP contribution >= 0.6 is 0 Å². The molecule has 0 aliphatic rings. The molecule has 1 heterocycles. The van der Waals surface area contributed by atoms with Crippen LogP contribution in [0.5, 0.6) is 23.1 Å². The zero-order chi connectivity index (χ0) is 12.3. The van der Waals surface area contributed by atoms with Crippen molar-refractivity contribution in [1.29, 1.82) is 0 Å². The van der Waals surface area contributed by atoms with Crippen molar-refractivity contribution in [1.82, 2.24) is 4.98 Å². The minimum Gasteiger partial charge on any atom is -0.508 e. The summed E-state index contributed by atoms with van der Waals surface area (Å²) in [5, 5.41) is 9.46. The van der Waals surface area contributed by atoms with Crippen LogP contribution in [0.2, 0.25) is 0 Å². The fourth-order valence-corrected chi connectivity index (χ4v) is 1.49. The molecule has 0 fully saturated rings. The Balaban J connectivity index is 2.24. The summed E-state index contributed by atoms with van der Waals surface area (Å²) in [6.45, 7) is 1.89. The van der Waals surface area contributed by atoms with Crippen LogP contribution in [0.25, 0.3) is 0 Å². The maximum absolute atomic E-state index is 9.46. The van der Waals surface area contributed by atoms with Crippen LogP contribution in [0.3, 0.4) is 0 Å². The zero-order valence-corrected chi connectivity index (χ0v) is 9.68. The third-order valence-corrected chi connectivity index (χ3v) is 2.19. The lowest BCUT2D eigenvalue weighted by Gasteiger charge is -2.07. The van der Waals surface area contributed by atoms with Crippen molar-refractivity contribution in [3.63, 3.8) is 0 Å². The number of phenolic OH excluding ortho intramolecular Hbond substituents is 1. The smallest absolute Gasteiger partial charge is 0.216 e. The van der Waals surface area contributed by atoms with Gasteiger partial charge >= 0.3 is 0 Å². The van der Waals surface area contributed by atoms with Gasteiger partial charge in [0.1, 0.15) is 17.2 Å². The van der Waals surface area contributed by atoms with Crippen molar-refractivity contribution >= 4 is 0 Å². The highest BCUT2D eigenvalue weighted by molar-refractivity contribution is 5.40. The van der Waals surface area contributed by atoms with Gasteiger partial charge in [-0.15, -0.1) is 0 Å². The van der Waals surface area contributed by atoms with Crippen LogP contribution in [0, 0.1) is 6.92 Å². The van der Waals surface area contributed by atoms with Crippen molar-refractivity contribution in [2.75, 3.05) is 7.11 Å². The number of phenols is 1. The molecule has 0 atom stereocenters. The van der Waals surface area contributed by atoms with Crippen LogP contribution in [0.1, 0.15) is 5.56 Å². The number of aromatic nitrogens is 1. The van der Waals surface area contributed by atoms with Crippen molar-refractivity contribution in [2.45, 2.75) is 6.92 Å². The normalized spacial score (nSPS) is 10.0. The van der Waals surface area contributed by atoms with Gasteiger partial charge in [0.2, 0.25) is 5.88 Å². The molecule has 88 valence electrons. The second-order valence-corrected chi connectivity index (χ2v) is 3.64. The number of nitrogens with zero attached hydrogens (tertiary/aromatic N) is 1. The van der Waals surface area contributed by atoms with E-state index < -0.39 is 0 Å². The Morgan fingerprint density at radius 3 is 2.65 bits per heavy atom. The van der Waals surface area contributed by atoms with E-state index in [1.165, 1.54) is 0 Å². The predicted octanol–water partition coefficient (Wildman–Crippen LogP) is 2.90. The van der Waals surface area contributed by atoms with Gasteiger partial charge in [-0.1, -0.05) is 0 Å². The molecule has 4 heteroatoms. The molecule has 0 aliphatic heterocycles. The molecular weight excluding hydrogens is 218 g/mol. The fraction of sp³-hybridized carbons (Fsp3) is 0.154. The van der Waals surface area contributed by atoms with Gasteiger partial charge < -0.3 is 14.6 Å². The molecule has 0 saturated heterocycles. The summed E-state index contributed by atoms with van der Waals surface area (Å²) in [6.07, 6.45) is 1.60. The van der Waals surface area contributed by atoms with Gasteiger partial charge in [0.05, 0.1) is 7.11 Å². The van der Waals surface area contributed by atoms with Crippen LogP contribution in [-0.2, 0) is 0 Å². The zero-order valence-electron chi connectivity index (χ0n) is 9.68.